The second kappa shape index (κ2) is 6.56. The van der Waals surface area contributed by atoms with Crippen molar-refractivity contribution in [3.05, 3.63) is 0 Å². The molecular weight excluding hydrogens is 266 g/mol. The van der Waals surface area contributed by atoms with E-state index in [1.54, 1.807) is 7.11 Å². The fourth-order valence-corrected chi connectivity index (χ4v) is 3.55. The molecule has 0 aromatic heterocycles. The fourth-order valence-electron chi connectivity index (χ4n) is 1.86. The number of rotatable bonds is 6. The molecular formula is C8H18BO6PS. The van der Waals surface area contributed by atoms with E-state index in [0.717, 1.165) is 7.11 Å². The molecule has 0 saturated carbocycles. The van der Waals surface area contributed by atoms with E-state index >= 15 is 0 Å². The summed E-state index contributed by atoms with van der Waals surface area (Å²) in [5.74, 6) is 0. The minimum Gasteiger partial charge on any atom is -0.382 e. The number of phosphoric ester groups is 1. The molecule has 1 heterocycles. The van der Waals surface area contributed by atoms with Crippen LogP contribution in [0.25, 0.3) is 0 Å². The van der Waals surface area contributed by atoms with Gasteiger partial charge in [-0.3, -0.25) is 9.05 Å². The first-order valence-electron chi connectivity index (χ1n) is 5.19. The number of hydrogen-bond acceptors (Lipinski definition) is 6. The molecule has 1 fully saturated rings. The van der Waals surface area contributed by atoms with E-state index in [2.05, 4.69) is 4.52 Å². The van der Waals surface area contributed by atoms with E-state index in [1.807, 2.05) is 14.1 Å². The fraction of sp³-hybridized carbons (Fsp3) is 1.00. The van der Waals surface area contributed by atoms with E-state index < -0.39 is 13.9 Å². The Hall–Kier alpha value is 0.445. The molecule has 0 radical (unpaired) electrons. The first-order chi connectivity index (χ1) is 7.95. The van der Waals surface area contributed by atoms with Gasteiger partial charge in [-0.1, -0.05) is 0 Å². The third kappa shape index (κ3) is 3.96. The lowest BCUT2D eigenvalue weighted by Gasteiger charge is -2.23. The van der Waals surface area contributed by atoms with Gasteiger partial charge in [0.2, 0.25) is 0 Å². The summed E-state index contributed by atoms with van der Waals surface area (Å²) in [6, 6.07) is -0.0630. The molecule has 1 aliphatic rings. The maximum absolute atomic E-state index is 11.5. The zero-order valence-electron chi connectivity index (χ0n) is 10.4. The van der Waals surface area contributed by atoms with Crippen LogP contribution in [0.3, 0.4) is 0 Å². The Morgan fingerprint density at radius 1 is 1.53 bits per heavy atom. The Morgan fingerprint density at radius 2 is 2.18 bits per heavy atom. The topological polar surface area (TPSA) is 74.2 Å². The molecule has 17 heavy (non-hydrogen) atoms. The van der Waals surface area contributed by atoms with Gasteiger partial charge < -0.3 is 14.4 Å². The van der Waals surface area contributed by atoms with Crippen LogP contribution >= 0.6 is 19.6 Å². The van der Waals surface area contributed by atoms with Gasteiger partial charge in [0.25, 0.3) is 0 Å². The highest BCUT2D eigenvalue weighted by Gasteiger charge is 2.46. The predicted molar refractivity (Wildman–Crippen MR) is 68.1 cm³/mol. The van der Waals surface area contributed by atoms with Gasteiger partial charge in [-0.05, 0) is 6.26 Å². The summed E-state index contributed by atoms with van der Waals surface area (Å²) in [5.41, 5.74) is 0. The van der Waals surface area contributed by atoms with Gasteiger partial charge in [0.05, 0.1) is 11.9 Å². The van der Waals surface area contributed by atoms with Crippen molar-refractivity contribution in [2.24, 2.45) is 0 Å². The number of methoxy groups -OCH3 is 1. The lowest BCUT2D eigenvalue weighted by Crippen LogP contribution is -2.34. The number of hydrogen-bond donors (Lipinski definition) is 1. The van der Waals surface area contributed by atoms with Crippen molar-refractivity contribution in [1.82, 2.24) is 0 Å². The molecule has 0 aliphatic carbocycles. The van der Waals surface area contributed by atoms with Crippen LogP contribution < -0.4 is 0 Å². The van der Waals surface area contributed by atoms with Crippen molar-refractivity contribution in [3.63, 3.8) is 0 Å². The van der Waals surface area contributed by atoms with Crippen LogP contribution in [0.15, 0.2) is 0 Å². The monoisotopic (exact) mass is 284 g/mol. The minimum absolute atomic E-state index is 0.0224. The van der Waals surface area contributed by atoms with E-state index in [0.29, 0.717) is 6.61 Å². The molecule has 2 unspecified atom stereocenters. The summed E-state index contributed by atoms with van der Waals surface area (Å²) >= 11 is 1.54. The van der Waals surface area contributed by atoms with Crippen molar-refractivity contribution in [2.75, 3.05) is 27.1 Å². The molecule has 1 rings (SSSR count). The van der Waals surface area contributed by atoms with Gasteiger partial charge in [0.1, 0.15) is 20.1 Å². The summed E-state index contributed by atoms with van der Waals surface area (Å²) in [5, 5.41) is -0.0224. The first-order valence-corrected chi connectivity index (χ1v) is 7.97. The third-order valence-corrected chi connectivity index (χ3v) is 4.80. The summed E-state index contributed by atoms with van der Waals surface area (Å²) in [6.07, 6.45) is 1.03. The highest BCUT2D eigenvalue weighted by Crippen LogP contribution is 2.47. The van der Waals surface area contributed by atoms with Crippen LogP contribution in [-0.2, 0) is 23.1 Å². The van der Waals surface area contributed by atoms with E-state index in [9.17, 15) is 9.46 Å². The Bertz CT molecular complexity index is 293. The molecule has 9 heteroatoms. The zero-order chi connectivity index (χ0) is 13.1. The smallest absolute Gasteiger partial charge is 0.382 e. The number of phosphoric acid groups is 1. The zero-order valence-corrected chi connectivity index (χ0v) is 12.1. The summed E-state index contributed by atoms with van der Waals surface area (Å²) in [7, 11) is 0.582. The molecule has 0 amide bonds. The molecule has 6 nitrogen and oxygen atoms in total. The first kappa shape index (κ1) is 15.5. The second-order valence-corrected chi connectivity index (χ2v) is 6.29. The van der Waals surface area contributed by atoms with E-state index in [-0.39, 0.29) is 17.4 Å². The highest BCUT2D eigenvalue weighted by atomic mass is 32.2. The Morgan fingerprint density at radius 3 is 2.65 bits per heavy atom. The average Bonchev–Trinajstić information content (AvgIpc) is 2.55. The van der Waals surface area contributed by atoms with Crippen LogP contribution in [0.2, 0.25) is 0 Å². The molecule has 0 bridgehead atoms. The molecule has 0 aromatic rings. The third-order valence-electron chi connectivity index (χ3n) is 2.63. The number of ether oxygens (including phenoxy) is 2. The van der Waals surface area contributed by atoms with Gasteiger partial charge in [-0.15, -0.1) is 0 Å². The minimum atomic E-state index is -4.01. The summed E-state index contributed by atoms with van der Waals surface area (Å²) < 4.78 is 31.7. The van der Waals surface area contributed by atoms with Crippen LogP contribution in [0.1, 0.15) is 0 Å². The van der Waals surface area contributed by atoms with Crippen molar-refractivity contribution in [1.29, 1.82) is 0 Å². The molecule has 1 N–H and O–H groups in total. The SMILES string of the molecule is B[C@@H]1O[C@H](COC)[C@@H](OP(=O)(O)OC)C1SC. The maximum atomic E-state index is 11.5. The van der Waals surface area contributed by atoms with Gasteiger partial charge in [0, 0.05) is 20.2 Å². The van der Waals surface area contributed by atoms with E-state index in [1.165, 1.54) is 11.8 Å². The molecule has 1 aliphatic heterocycles. The van der Waals surface area contributed by atoms with Crippen LogP contribution in [0.4, 0.5) is 0 Å². The standard InChI is InChI=1S/C8H18BO6PS/c1-12-4-5-6(15-16(10,11)13-2)7(17-3)8(9)14-5/h5-8H,4,9H2,1-3H3,(H,10,11)/t5-,6-,7?,8-/m1/s1. The Balaban J connectivity index is 2.77. The Kier molecular flexibility index (Phi) is 5.99. The van der Waals surface area contributed by atoms with Crippen LogP contribution in [0, 0.1) is 0 Å². The second-order valence-electron chi connectivity index (χ2n) is 3.76. The molecule has 1 saturated heterocycles. The van der Waals surface area contributed by atoms with Crippen LogP contribution in [-0.4, -0.2) is 63.3 Å². The summed E-state index contributed by atoms with van der Waals surface area (Å²) in [6.45, 7) is 0.315. The van der Waals surface area contributed by atoms with E-state index in [4.69, 9.17) is 14.0 Å². The summed E-state index contributed by atoms with van der Waals surface area (Å²) in [4.78, 5) is 9.37. The molecule has 0 aromatic carbocycles. The predicted octanol–water partition coefficient (Wildman–Crippen LogP) is -0.146. The van der Waals surface area contributed by atoms with Crippen LogP contribution in [0.5, 0.6) is 0 Å². The average molecular weight is 284 g/mol. The van der Waals surface area contributed by atoms with Gasteiger partial charge in [0.15, 0.2) is 0 Å². The van der Waals surface area contributed by atoms with Crippen molar-refractivity contribution < 1.29 is 28.0 Å². The molecule has 100 valence electrons. The lowest BCUT2D eigenvalue weighted by atomic mass is 9.95. The van der Waals surface area contributed by atoms with Crippen molar-refractivity contribution >= 4 is 27.4 Å². The van der Waals surface area contributed by atoms with Crippen molar-refractivity contribution in [3.8, 4) is 0 Å². The van der Waals surface area contributed by atoms with Gasteiger partial charge in [-0.25, -0.2) is 4.57 Å². The lowest BCUT2D eigenvalue weighted by molar-refractivity contribution is -0.0182. The molecule has 0 spiro atoms. The maximum Gasteiger partial charge on any atom is 0.472 e. The number of thioether (sulfide) groups is 1. The highest BCUT2D eigenvalue weighted by molar-refractivity contribution is 7.99. The largest absolute Gasteiger partial charge is 0.472 e. The Labute approximate surface area is 106 Å². The van der Waals surface area contributed by atoms with Crippen molar-refractivity contribution in [2.45, 2.75) is 23.5 Å². The quantitative estimate of drug-likeness (QED) is 0.537. The van der Waals surface area contributed by atoms with Gasteiger partial charge >= 0.3 is 7.82 Å². The van der Waals surface area contributed by atoms with Gasteiger partial charge in [-0.2, -0.15) is 11.8 Å². The normalized spacial score (nSPS) is 36.9. The molecule has 5 atom stereocenters.